The zero-order chi connectivity index (χ0) is 16.4. The Morgan fingerprint density at radius 1 is 1.33 bits per heavy atom. The third-order valence-corrected chi connectivity index (χ3v) is 6.82. The molecular formula is C16H22N4O2S2. The predicted molar refractivity (Wildman–Crippen MR) is 94.7 cm³/mol. The largest absolute Gasteiger partial charge is 0.376 e. The molecular weight excluding hydrogens is 344 g/mol. The third-order valence-electron chi connectivity index (χ3n) is 4.76. The highest BCUT2D eigenvalue weighted by Gasteiger charge is 2.21. The summed E-state index contributed by atoms with van der Waals surface area (Å²) in [5, 5.41) is 10.9. The van der Waals surface area contributed by atoms with Gasteiger partial charge in [0, 0.05) is 23.7 Å². The van der Waals surface area contributed by atoms with Crippen LogP contribution in [0.25, 0.3) is 0 Å². The fraction of sp³-hybridized carbons (Fsp3) is 0.688. The van der Waals surface area contributed by atoms with Crippen molar-refractivity contribution in [3.05, 3.63) is 26.6 Å². The molecule has 1 saturated heterocycles. The number of aromatic amines is 1. The van der Waals surface area contributed by atoms with Crippen LogP contribution in [0.2, 0.25) is 0 Å². The zero-order valence-electron chi connectivity index (χ0n) is 13.6. The van der Waals surface area contributed by atoms with Crippen LogP contribution in [0.15, 0.2) is 15.3 Å². The first-order valence-electron chi connectivity index (χ1n) is 8.63. The second-order valence-electron chi connectivity index (χ2n) is 6.50. The number of ether oxygens (including phenoxy) is 1. The lowest BCUT2D eigenvalue weighted by atomic mass is 10.1. The van der Waals surface area contributed by atoms with Gasteiger partial charge in [-0.2, -0.15) is 0 Å². The number of rotatable bonds is 6. The van der Waals surface area contributed by atoms with E-state index in [1.807, 2.05) is 0 Å². The number of aromatic nitrogens is 4. The van der Waals surface area contributed by atoms with E-state index in [-0.39, 0.29) is 11.8 Å². The average molecular weight is 367 g/mol. The Bertz CT molecular complexity index is 727. The predicted octanol–water partition coefficient (Wildman–Crippen LogP) is 3.16. The lowest BCUT2D eigenvalue weighted by molar-refractivity contribution is 0.0941. The molecule has 2 aromatic heterocycles. The Morgan fingerprint density at radius 3 is 3.00 bits per heavy atom. The summed E-state index contributed by atoms with van der Waals surface area (Å²) in [5.74, 6) is 1.41. The van der Waals surface area contributed by atoms with Crippen LogP contribution < -0.4 is 5.69 Å². The topological polar surface area (TPSA) is 72.8 Å². The van der Waals surface area contributed by atoms with Crippen molar-refractivity contribution in [3.63, 3.8) is 0 Å². The molecule has 0 radical (unpaired) electrons. The molecule has 2 aliphatic rings. The van der Waals surface area contributed by atoms with Crippen molar-refractivity contribution < 1.29 is 4.74 Å². The van der Waals surface area contributed by atoms with Crippen molar-refractivity contribution in [1.29, 1.82) is 0 Å². The Hall–Kier alpha value is -1.12. The van der Waals surface area contributed by atoms with E-state index in [0.29, 0.717) is 12.5 Å². The Balaban J connectivity index is 1.39. The molecule has 0 spiro atoms. The van der Waals surface area contributed by atoms with Crippen molar-refractivity contribution in [1.82, 2.24) is 19.7 Å². The van der Waals surface area contributed by atoms with E-state index < -0.39 is 0 Å². The van der Waals surface area contributed by atoms with Gasteiger partial charge in [0.25, 0.3) is 0 Å². The number of H-pyrrole nitrogens is 1. The summed E-state index contributed by atoms with van der Waals surface area (Å²) in [6, 6.07) is 0. The van der Waals surface area contributed by atoms with Gasteiger partial charge in [0.05, 0.1) is 23.4 Å². The van der Waals surface area contributed by atoms with Crippen molar-refractivity contribution in [2.75, 3.05) is 6.61 Å². The smallest absolute Gasteiger partial charge is 0.344 e. The number of thioether (sulfide) groups is 1. The van der Waals surface area contributed by atoms with Gasteiger partial charge in [-0.05, 0) is 25.7 Å². The number of hydrogen-bond donors (Lipinski definition) is 1. The van der Waals surface area contributed by atoms with E-state index in [9.17, 15) is 4.79 Å². The summed E-state index contributed by atoms with van der Waals surface area (Å²) < 4.78 is 7.34. The summed E-state index contributed by atoms with van der Waals surface area (Å²) in [6.07, 6.45) is 7.43. The summed E-state index contributed by atoms with van der Waals surface area (Å²) in [6.45, 7) is 1.38. The van der Waals surface area contributed by atoms with Crippen LogP contribution >= 0.6 is 23.1 Å². The highest BCUT2D eigenvalue weighted by Crippen LogP contribution is 2.36. The van der Waals surface area contributed by atoms with Crippen molar-refractivity contribution >= 4 is 23.1 Å². The van der Waals surface area contributed by atoms with Crippen LogP contribution in [0.1, 0.15) is 55.1 Å². The van der Waals surface area contributed by atoms with E-state index in [0.717, 1.165) is 36.1 Å². The summed E-state index contributed by atoms with van der Waals surface area (Å²) >= 11 is 3.35. The van der Waals surface area contributed by atoms with Crippen molar-refractivity contribution in [3.8, 4) is 0 Å². The van der Waals surface area contributed by atoms with E-state index in [1.54, 1.807) is 27.7 Å². The fourth-order valence-corrected chi connectivity index (χ4v) is 5.40. The highest BCUT2D eigenvalue weighted by atomic mass is 32.2. The molecule has 130 valence electrons. The van der Waals surface area contributed by atoms with Crippen LogP contribution in [-0.2, 0) is 17.0 Å². The summed E-state index contributed by atoms with van der Waals surface area (Å²) in [4.78, 5) is 16.8. The van der Waals surface area contributed by atoms with Crippen molar-refractivity contribution in [2.24, 2.45) is 0 Å². The molecule has 0 aromatic carbocycles. The summed E-state index contributed by atoms with van der Waals surface area (Å²) in [7, 11) is 0. The van der Waals surface area contributed by atoms with Crippen LogP contribution in [0.4, 0.5) is 0 Å². The van der Waals surface area contributed by atoms with Gasteiger partial charge < -0.3 is 4.74 Å². The molecule has 24 heavy (non-hydrogen) atoms. The molecule has 2 fully saturated rings. The van der Waals surface area contributed by atoms with Gasteiger partial charge in [-0.25, -0.2) is 14.9 Å². The first-order chi connectivity index (χ1) is 11.8. The number of nitrogens with one attached hydrogen (secondary N) is 1. The zero-order valence-corrected chi connectivity index (χ0v) is 15.2. The molecule has 8 heteroatoms. The molecule has 1 saturated carbocycles. The molecule has 0 bridgehead atoms. The molecule has 0 amide bonds. The average Bonchev–Trinajstić information content (AvgIpc) is 3.36. The SMILES string of the molecule is O=c1[nH]nc(SCc2csc(C3CCCC3)n2)n1C[C@@H]1CCCO1. The van der Waals surface area contributed by atoms with Gasteiger partial charge in [0.2, 0.25) is 0 Å². The highest BCUT2D eigenvalue weighted by molar-refractivity contribution is 7.98. The van der Waals surface area contributed by atoms with E-state index in [4.69, 9.17) is 9.72 Å². The molecule has 2 aromatic rings. The molecule has 1 aliphatic carbocycles. The van der Waals surface area contributed by atoms with Crippen LogP contribution in [0.3, 0.4) is 0 Å². The maximum atomic E-state index is 12.0. The number of nitrogens with zero attached hydrogens (tertiary/aromatic N) is 3. The molecule has 1 atom stereocenters. The minimum Gasteiger partial charge on any atom is -0.376 e. The first-order valence-corrected chi connectivity index (χ1v) is 10.5. The molecule has 0 unspecified atom stereocenters. The molecule has 1 N–H and O–H groups in total. The quantitative estimate of drug-likeness (QED) is 0.795. The van der Waals surface area contributed by atoms with E-state index in [2.05, 4.69) is 15.6 Å². The second kappa shape index (κ2) is 7.41. The fourth-order valence-electron chi connectivity index (χ4n) is 3.45. The van der Waals surface area contributed by atoms with Crippen LogP contribution in [-0.4, -0.2) is 32.5 Å². The van der Waals surface area contributed by atoms with Crippen LogP contribution in [0.5, 0.6) is 0 Å². The summed E-state index contributed by atoms with van der Waals surface area (Å²) in [5.41, 5.74) is 0.934. The van der Waals surface area contributed by atoms with Crippen molar-refractivity contribution in [2.45, 2.75) is 68.0 Å². The van der Waals surface area contributed by atoms with Gasteiger partial charge in [0.15, 0.2) is 5.16 Å². The lowest BCUT2D eigenvalue weighted by Crippen LogP contribution is -2.24. The molecule has 6 nitrogen and oxygen atoms in total. The Morgan fingerprint density at radius 2 is 2.21 bits per heavy atom. The van der Waals surface area contributed by atoms with Gasteiger partial charge >= 0.3 is 5.69 Å². The van der Waals surface area contributed by atoms with Gasteiger partial charge in [-0.15, -0.1) is 16.4 Å². The first kappa shape index (κ1) is 16.4. The van der Waals surface area contributed by atoms with Gasteiger partial charge in [0.1, 0.15) is 0 Å². The maximum Gasteiger partial charge on any atom is 0.344 e. The number of hydrogen-bond acceptors (Lipinski definition) is 6. The molecule has 3 heterocycles. The monoisotopic (exact) mass is 366 g/mol. The van der Waals surface area contributed by atoms with Gasteiger partial charge in [-0.3, -0.25) is 4.57 Å². The minimum absolute atomic E-state index is 0.132. The second-order valence-corrected chi connectivity index (χ2v) is 8.34. The lowest BCUT2D eigenvalue weighted by Gasteiger charge is -2.10. The van der Waals surface area contributed by atoms with Crippen LogP contribution in [0, 0.1) is 0 Å². The number of thiazole rings is 1. The van der Waals surface area contributed by atoms with E-state index in [1.165, 1.54) is 30.7 Å². The maximum absolute atomic E-state index is 12.0. The third kappa shape index (κ3) is 3.60. The Labute approximate surface area is 149 Å². The van der Waals surface area contributed by atoms with Gasteiger partial charge in [-0.1, -0.05) is 24.6 Å². The minimum atomic E-state index is -0.155. The standard InChI is InChI=1S/C16H22N4O2S2/c21-15-18-19-16(20(15)8-13-6-3-7-22-13)24-10-12-9-23-14(17-12)11-4-1-2-5-11/h9,11,13H,1-8,10H2,(H,18,21)/t13-/m0/s1. The normalized spacial score (nSPS) is 21.8. The molecule has 4 rings (SSSR count). The Kier molecular flexibility index (Phi) is 5.05. The molecule has 1 aliphatic heterocycles. The van der Waals surface area contributed by atoms with E-state index >= 15 is 0 Å².